The van der Waals surface area contributed by atoms with Gasteiger partial charge in [-0.3, -0.25) is 0 Å². The molecule has 7 heteroatoms. The average molecular weight is 350 g/mol. The van der Waals surface area contributed by atoms with Gasteiger partial charge in [-0.15, -0.1) is 0 Å². The summed E-state index contributed by atoms with van der Waals surface area (Å²) < 4.78 is 13.0. The van der Waals surface area contributed by atoms with E-state index in [-0.39, 0.29) is 5.02 Å². The van der Waals surface area contributed by atoms with Crippen molar-refractivity contribution in [3.63, 3.8) is 0 Å². The Labute approximate surface area is 135 Å². The summed E-state index contributed by atoms with van der Waals surface area (Å²) in [6, 6.07) is 9.27. The van der Waals surface area contributed by atoms with Crippen LogP contribution in [0, 0.1) is 5.82 Å². The molecule has 0 saturated carbocycles. The standard InChI is InChI=1S/C13H8Cl3FN2S/c14-9-3-1-7(5-10(9)15)18-13(20)19-8-2-4-12(17)11(16)6-8/h1-6H,(H2,18,19,20). The molecule has 104 valence electrons. The van der Waals surface area contributed by atoms with Crippen LogP contribution in [-0.2, 0) is 0 Å². The Morgan fingerprint density at radius 3 is 1.95 bits per heavy atom. The highest BCUT2D eigenvalue weighted by Crippen LogP contribution is 2.25. The van der Waals surface area contributed by atoms with E-state index in [2.05, 4.69) is 10.6 Å². The van der Waals surface area contributed by atoms with Crippen molar-refractivity contribution >= 4 is 63.5 Å². The number of anilines is 2. The Hall–Kier alpha value is -1.07. The highest BCUT2D eigenvalue weighted by molar-refractivity contribution is 7.80. The molecule has 0 aliphatic carbocycles. The van der Waals surface area contributed by atoms with Crippen molar-refractivity contribution in [3.8, 4) is 0 Å². The number of thiocarbonyl (C=S) groups is 1. The van der Waals surface area contributed by atoms with Gasteiger partial charge in [-0.25, -0.2) is 4.39 Å². The second kappa shape index (κ2) is 6.59. The molecule has 0 unspecified atom stereocenters. The molecule has 0 spiro atoms. The van der Waals surface area contributed by atoms with Crippen LogP contribution in [0.15, 0.2) is 36.4 Å². The molecule has 20 heavy (non-hydrogen) atoms. The van der Waals surface area contributed by atoms with E-state index < -0.39 is 5.82 Å². The number of rotatable bonds is 2. The molecule has 2 nitrogen and oxygen atoms in total. The van der Waals surface area contributed by atoms with Gasteiger partial charge in [0.2, 0.25) is 0 Å². The van der Waals surface area contributed by atoms with Gasteiger partial charge in [-0.2, -0.15) is 0 Å². The van der Waals surface area contributed by atoms with E-state index in [4.69, 9.17) is 47.0 Å². The first kappa shape index (κ1) is 15.3. The zero-order valence-corrected chi connectivity index (χ0v) is 13.0. The first-order valence-electron chi connectivity index (χ1n) is 5.44. The first-order valence-corrected chi connectivity index (χ1v) is 6.98. The maximum absolute atomic E-state index is 13.0. The van der Waals surface area contributed by atoms with E-state index in [1.165, 1.54) is 18.2 Å². The molecular weight excluding hydrogens is 342 g/mol. The fourth-order valence-electron chi connectivity index (χ4n) is 1.44. The van der Waals surface area contributed by atoms with Crippen LogP contribution in [0.4, 0.5) is 15.8 Å². The maximum Gasteiger partial charge on any atom is 0.175 e. The van der Waals surface area contributed by atoms with Crippen LogP contribution in [-0.4, -0.2) is 5.11 Å². The summed E-state index contributed by atoms with van der Waals surface area (Å²) in [6.45, 7) is 0. The molecule has 0 saturated heterocycles. The smallest absolute Gasteiger partial charge is 0.175 e. The van der Waals surface area contributed by atoms with Crippen molar-refractivity contribution in [3.05, 3.63) is 57.3 Å². The minimum Gasteiger partial charge on any atom is -0.332 e. The highest BCUT2D eigenvalue weighted by atomic mass is 35.5. The van der Waals surface area contributed by atoms with E-state index >= 15 is 0 Å². The SMILES string of the molecule is Fc1ccc(NC(=S)Nc2ccc(Cl)c(Cl)c2)cc1Cl. The van der Waals surface area contributed by atoms with Gasteiger partial charge in [0.25, 0.3) is 0 Å². The predicted molar refractivity (Wildman–Crippen MR) is 87.7 cm³/mol. The zero-order chi connectivity index (χ0) is 14.7. The minimum atomic E-state index is -0.486. The summed E-state index contributed by atoms with van der Waals surface area (Å²) in [5, 5.41) is 7.04. The fourth-order valence-corrected chi connectivity index (χ4v) is 2.16. The molecule has 0 bridgehead atoms. The number of nitrogens with one attached hydrogen (secondary N) is 2. The summed E-state index contributed by atoms with van der Waals surface area (Å²) in [6.07, 6.45) is 0. The molecule has 0 fully saturated rings. The molecule has 0 aliphatic heterocycles. The van der Waals surface area contributed by atoms with Crippen LogP contribution >= 0.6 is 47.0 Å². The molecule has 2 aromatic rings. The number of benzene rings is 2. The van der Waals surface area contributed by atoms with Crippen molar-refractivity contribution in [1.82, 2.24) is 0 Å². The maximum atomic E-state index is 13.0. The van der Waals surface area contributed by atoms with Crippen molar-refractivity contribution < 1.29 is 4.39 Å². The Morgan fingerprint density at radius 2 is 1.40 bits per heavy atom. The molecule has 2 rings (SSSR count). The van der Waals surface area contributed by atoms with Crippen LogP contribution in [0.5, 0.6) is 0 Å². The lowest BCUT2D eigenvalue weighted by Crippen LogP contribution is -2.19. The lowest BCUT2D eigenvalue weighted by atomic mass is 10.3. The molecule has 0 aliphatic rings. The number of hydrogen-bond acceptors (Lipinski definition) is 1. The van der Waals surface area contributed by atoms with Gasteiger partial charge in [0.1, 0.15) is 5.82 Å². The minimum absolute atomic E-state index is 0.0207. The molecular formula is C13H8Cl3FN2S. The van der Waals surface area contributed by atoms with Crippen LogP contribution in [0.1, 0.15) is 0 Å². The van der Waals surface area contributed by atoms with Crippen LogP contribution in [0.3, 0.4) is 0 Å². The van der Waals surface area contributed by atoms with Gasteiger partial charge in [-0.05, 0) is 48.6 Å². The average Bonchev–Trinajstić information content (AvgIpc) is 2.38. The number of halogens is 4. The molecule has 0 aromatic heterocycles. The van der Waals surface area contributed by atoms with Crippen LogP contribution < -0.4 is 10.6 Å². The van der Waals surface area contributed by atoms with E-state index in [0.29, 0.717) is 26.5 Å². The molecule has 0 amide bonds. The van der Waals surface area contributed by atoms with Crippen molar-refractivity contribution in [2.45, 2.75) is 0 Å². The van der Waals surface area contributed by atoms with Gasteiger partial charge in [0.15, 0.2) is 5.11 Å². The van der Waals surface area contributed by atoms with Crippen molar-refractivity contribution in [2.75, 3.05) is 10.6 Å². The summed E-state index contributed by atoms with van der Waals surface area (Å²) in [5.41, 5.74) is 1.26. The van der Waals surface area contributed by atoms with E-state index in [1.54, 1.807) is 18.2 Å². The summed E-state index contributed by atoms with van der Waals surface area (Å²) >= 11 is 22.5. The first-order chi connectivity index (χ1) is 9.45. The highest BCUT2D eigenvalue weighted by Gasteiger charge is 2.04. The Kier molecular flexibility index (Phi) is 5.05. The third kappa shape index (κ3) is 3.96. The predicted octanol–water partition coefficient (Wildman–Crippen LogP) is 5.59. The van der Waals surface area contributed by atoms with Crippen LogP contribution in [0.2, 0.25) is 15.1 Å². The molecule has 0 radical (unpaired) electrons. The summed E-state index contributed by atoms with van der Waals surface area (Å²) in [5.74, 6) is -0.486. The zero-order valence-electron chi connectivity index (χ0n) is 9.88. The van der Waals surface area contributed by atoms with Gasteiger partial charge >= 0.3 is 0 Å². The Balaban J connectivity index is 2.04. The molecule has 0 atom stereocenters. The van der Waals surface area contributed by atoms with Gasteiger partial charge < -0.3 is 10.6 Å². The number of hydrogen-bond donors (Lipinski definition) is 2. The Morgan fingerprint density at radius 1 is 0.850 bits per heavy atom. The monoisotopic (exact) mass is 348 g/mol. The largest absolute Gasteiger partial charge is 0.332 e. The second-order valence-electron chi connectivity index (χ2n) is 3.84. The summed E-state index contributed by atoms with van der Waals surface area (Å²) in [7, 11) is 0. The lowest BCUT2D eigenvalue weighted by Gasteiger charge is -2.11. The Bertz CT molecular complexity index is 609. The van der Waals surface area contributed by atoms with Gasteiger partial charge in [0.05, 0.1) is 15.1 Å². The third-order valence-corrected chi connectivity index (χ3v) is 3.59. The van der Waals surface area contributed by atoms with Crippen LogP contribution in [0.25, 0.3) is 0 Å². The third-order valence-electron chi connectivity index (χ3n) is 2.35. The van der Waals surface area contributed by atoms with Crippen molar-refractivity contribution in [2.24, 2.45) is 0 Å². The normalized spacial score (nSPS) is 10.2. The van der Waals surface area contributed by atoms with Gasteiger partial charge in [-0.1, -0.05) is 34.8 Å². The molecule has 0 heterocycles. The van der Waals surface area contributed by atoms with Crippen molar-refractivity contribution in [1.29, 1.82) is 0 Å². The van der Waals surface area contributed by atoms with E-state index in [0.717, 1.165) is 0 Å². The molecule has 2 aromatic carbocycles. The lowest BCUT2D eigenvalue weighted by molar-refractivity contribution is 0.628. The van der Waals surface area contributed by atoms with E-state index in [1.807, 2.05) is 0 Å². The van der Waals surface area contributed by atoms with E-state index in [9.17, 15) is 4.39 Å². The second-order valence-corrected chi connectivity index (χ2v) is 5.47. The quantitative estimate of drug-likeness (QED) is 0.691. The topological polar surface area (TPSA) is 24.1 Å². The fraction of sp³-hybridized carbons (Fsp3) is 0. The summed E-state index contributed by atoms with van der Waals surface area (Å²) in [4.78, 5) is 0. The molecule has 2 N–H and O–H groups in total. The van der Waals surface area contributed by atoms with Gasteiger partial charge in [0, 0.05) is 11.4 Å².